The highest BCUT2D eigenvalue weighted by Crippen LogP contribution is 2.63. The van der Waals surface area contributed by atoms with E-state index in [1.807, 2.05) is 0 Å². The molecule has 0 N–H and O–H groups in total. The van der Waals surface area contributed by atoms with Gasteiger partial charge in [-0.1, -0.05) is 7.77 Å². The average Bonchev–Trinajstić information content (AvgIpc) is 2.99. The molecule has 1 rings (SSSR count). The Balaban J connectivity index is 3.86. The minimum atomic E-state index is -8.46. The van der Waals surface area contributed by atoms with E-state index in [2.05, 4.69) is 4.74 Å². The van der Waals surface area contributed by atoms with E-state index >= 15 is 0 Å². The Hall–Kier alpha value is -1.30. The smallest absolute Gasteiger partial charge is 0.272 e. The second-order valence-corrected chi connectivity index (χ2v) is 8.70. The van der Waals surface area contributed by atoms with Gasteiger partial charge in [-0.05, 0) is 0 Å². The van der Waals surface area contributed by atoms with Crippen LogP contribution in [0.2, 0.25) is 0 Å². The first kappa shape index (κ1) is 29.7. The van der Waals surface area contributed by atoms with Crippen molar-refractivity contribution >= 4 is 20.4 Å². The molecule has 1 aliphatic carbocycles. The van der Waals surface area contributed by atoms with E-state index in [-0.39, 0.29) is 0 Å². The second-order valence-electron chi connectivity index (χ2n) is 5.93. The molecule has 0 aromatic rings. The number of rotatable bonds is 10. The van der Waals surface area contributed by atoms with Gasteiger partial charge in [0.2, 0.25) is 0 Å². The molecule has 0 aliphatic heterocycles. The van der Waals surface area contributed by atoms with Crippen LogP contribution in [0.25, 0.3) is 0 Å². The molecule has 1 fully saturated rings. The summed E-state index contributed by atoms with van der Waals surface area (Å²) in [7, 11) is -16.6. The molecule has 0 saturated heterocycles. The van der Waals surface area contributed by atoms with E-state index in [4.69, 9.17) is 0 Å². The summed E-state index contributed by atoms with van der Waals surface area (Å²) in [5.74, 6) is -27.4. The van der Waals surface area contributed by atoms with Gasteiger partial charge in [0.05, 0.1) is 6.42 Å². The van der Waals surface area contributed by atoms with E-state index in [0.717, 1.165) is 0 Å². The minimum absolute atomic E-state index is 1.35. The second kappa shape index (κ2) is 7.11. The SMILES string of the molecule is O=S(=O)(F)C(F)(F)C(F)(F)OC(F)(C(F)(F)OC1(F)CC1(F)F)C(F)(F)C(F)(F)S(=O)(=O)F. The lowest BCUT2D eigenvalue weighted by Crippen LogP contribution is -2.71. The summed E-state index contributed by atoms with van der Waals surface area (Å²) in [6, 6.07) is 0. The normalized spacial score (nSPS) is 25.0. The van der Waals surface area contributed by atoms with Crippen molar-refractivity contribution in [1.29, 1.82) is 0 Å². The summed E-state index contributed by atoms with van der Waals surface area (Å²) in [5, 5.41) is -15.8. The van der Waals surface area contributed by atoms with Crippen LogP contribution in [0.4, 0.5) is 69.2 Å². The molecule has 0 spiro atoms. The van der Waals surface area contributed by atoms with Gasteiger partial charge in [0, 0.05) is 0 Å². The zero-order valence-corrected chi connectivity index (χ0v) is 15.7. The highest BCUT2D eigenvalue weighted by Gasteiger charge is 2.91. The summed E-state index contributed by atoms with van der Waals surface area (Å²) in [5.41, 5.74) is 0. The maximum atomic E-state index is 14.3. The maximum absolute atomic E-state index is 14.3. The Morgan fingerprint density at radius 2 is 0.970 bits per heavy atom. The third-order valence-electron chi connectivity index (χ3n) is 3.52. The molecule has 2 unspecified atom stereocenters. The lowest BCUT2D eigenvalue weighted by molar-refractivity contribution is -0.518. The van der Waals surface area contributed by atoms with E-state index in [1.165, 1.54) is 4.74 Å². The number of ether oxygens (including phenoxy) is 2. The molecule has 0 radical (unpaired) electrons. The van der Waals surface area contributed by atoms with E-state index < -0.39 is 73.1 Å². The van der Waals surface area contributed by atoms with Crippen molar-refractivity contribution in [3.63, 3.8) is 0 Å². The van der Waals surface area contributed by atoms with Gasteiger partial charge in [0.15, 0.2) is 0 Å². The third-order valence-corrected chi connectivity index (χ3v) is 5.24. The topological polar surface area (TPSA) is 86.7 Å². The molecule has 1 saturated carbocycles. The van der Waals surface area contributed by atoms with E-state index in [0.29, 0.717) is 0 Å². The van der Waals surface area contributed by atoms with Crippen molar-refractivity contribution in [3.8, 4) is 0 Å². The first-order chi connectivity index (χ1) is 13.9. The largest absolute Gasteiger partial charge is 0.464 e. The summed E-state index contributed by atoms with van der Waals surface area (Å²) >= 11 is 0. The molecular formula is C9H2F16O6S2. The zero-order chi connectivity index (χ0) is 27.1. The number of halogens is 16. The summed E-state index contributed by atoms with van der Waals surface area (Å²) < 4.78 is 255. The summed E-state index contributed by atoms with van der Waals surface area (Å²) in [6.07, 6.45) is -18.5. The van der Waals surface area contributed by atoms with Gasteiger partial charge in [0.1, 0.15) is 0 Å². The number of hydrogen-bond donors (Lipinski definition) is 0. The molecular weight excluding hydrogens is 572 g/mol. The van der Waals surface area contributed by atoms with Crippen molar-refractivity contribution in [2.24, 2.45) is 0 Å². The van der Waals surface area contributed by atoms with Crippen LogP contribution in [0.15, 0.2) is 0 Å². The average molecular weight is 574 g/mol. The Bertz CT molecular complexity index is 1010. The van der Waals surface area contributed by atoms with Crippen molar-refractivity contribution in [1.82, 2.24) is 0 Å². The van der Waals surface area contributed by atoms with Crippen molar-refractivity contribution in [2.45, 2.75) is 52.7 Å². The predicted molar refractivity (Wildman–Crippen MR) is 64.2 cm³/mol. The monoisotopic (exact) mass is 574 g/mol. The Labute approximate surface area is 169 Å². The molecule has 24 heteroatoms. The minimum Gasteiger partial charge on any atom is -0.272 e. The molecule has 0 heterocycles. The lowest BCUT2D eigenvalue weighted by Gasteiger charge is -2.41. The third kappa shape index (κ3) is 4.19. The number of alkyl halides is 14. The van der Waals surface area contributed by atoms with Crippen LogP contribution in [-0.4, -0.2) is 63.1 Å². The predicted octanol–water partition coefficient (Wildman–Crippen LogP) is 4.00. The fourth-order valence-electron chi connectivity index (χ4n) is 1.65. The molecule has 33 heavy (non-hydrogen) atoms. The van der Waals surface area contributed by atoms with Gasteiger partial charge in [-0.25, -0.2) is 13.2 Å². The standard InChI is InChI=1S/C9H2F16O6S2/c10-2(11)1-3(2,12)30-6(16,17)5(15,4(13,14)8(20,21)32(24,26)27)31-7(18,19)9(22,23)33(25,28)29/h1H2. The van der Waals surface area contributed by atoms with Crippen LogP contribution in [0.3, 0.4) is 0 Å². The van der Waals surface area contributed by atoms with Gasteiger partial charge in [-0.2, -0.15) is 65.1 Å². The van der Waals surface area contributed by atoms with Crippen LogP contribution >= 0.6 is 0 Å². The highest BCUT2D eigenvalue weighted by atomic mass is 32.3. The molecule has 198 valence electrons. The molecule has 0 amide bonds. The fourth-order valence-corrected chi connectivity index (χ4v) is 2.41. The fraction of sp³-hybridized carbons (Fsp3) is 1.00. The van der Waals surface area contributed by atoms with Crippen LogP contribution in [0.5, 0.6) is 0 Å². The molecule has 6 nitrogen and oxygen atoms in total. The maximum Gasteiger partial charge on any atom is 0.464 e. The van der Waals surface area contributed by atoms with Crippen molar-refractivity contribution in [2.75, 3.05) is 0 Å². The van der Waals surface area contributed by atoms with Gasteiger partial charge >= 0.3 is 60.9 Å². The van der Waals surface area contributed by atoms with Gasteiger partial charge in [-0.15, -0.1) is 0 Å². The molecule has 0 aromatic heterocycles. The van der Waals surface area contributed by atoms with Gasteiger partial charge < -0.3 is 0 Å². The Kier molecular flexibility index (Phi) is 6.41. The van der Waals surface area contributed by atoms with Crippen LogP contribution in [0.1, 0.15) is 6.42 Å². The first-order valence-corrected chi connectivity index (χ1v) is 9.57. The van der Waals surface area contributed by atoms with E-state index in [9.17, 15) is 86.1 Å². The zero-order valence-electron chi connectivity index (χ0n) is 14.0. The highest BCUT2D eigenvalue weighted by molar-refractivity contribution is 7.87. The Morgan fingerprint density at radius 1 is 0.636 bits per heavy atom. The molecule has 0 bridgehead atoms. The van der Waals surface area contributed by atoms with Crippen LogP contribution in [-0.2, 0) is 29.9 Å². The van der Waals surface area contributed by atoms with Gasteiger partial charge in [-0.3, -0.25) is 9.47 Å². The Morgan fingerprint density at radius 3 is 1.24 bits per heavy atom. The van der Waals surface area contributed by atoms with E-state index in [1.54, 1.807) is 0 Å². The number of hydrogen-bond acceptors (Lipinski definition) is 6. The van der Waals surface area contributed by atoms with Crippen LogP contribution in [0, 0.1) is 0 Å². The summed E-state index contributed by atoms with van der Waals surface area (Å²) in [6.45, 7) is 0. The quantitative estimate of drug-likeness (QED) is 0.290. The molecule has 1 aliphatic rings. The van der Waals surface area contributed by atoms with Gasteiger partial charge in [0.25, 0.3) is 5.85 Å². The molecule has 2 atom stereocenters. The first-order valence-electron chi connectivity index (χ1n) is 6.80. The van der Waals surface area contributed by atoms with Crippen molar-refractivity contribution < 1.29 is 95.5 Å². The summed E-state index contributed by atoms with van der Waals surface area (Å²) in [4.78, 5) is 0. The molecule has 0 aromatic carbocycles. The lowest BCUT2D eigenvalue weighted by atomic mass is 10.1. The van der Waals surface area contributed by atoms with Crippen molar-refractivity contribution in [3.05, 3.63) is 0 Å². The van der Waals surface area contributed by atoms with Crippen LogP contribution < -0.4 is 0 Å².